The Bertz CT molecular complexity index is 282. The number of carbonyl (C=O) groups excluding carboxylic acids is 1. The molecule has 20 heavy (non-hydrogen) atoms. The molecule has 0 spiro atoms. The minimum absolute atomic E-state index is 0.0756. The summed E-state index contributed by atoms with van der Waals surface area (Å²) in [7, 11) is 0. The molecule has 0 rings (SSSR count). The molecule has 0 fully saturated rings. The third-order valence-electron chi connectivity index (χ3n) is 3.39. The predicted molar refractivity (Wildman–Crippen MR) is 80.8 cm³/mol. The highest BCUT2D eigenvalue weighted by atomic mass is 16.4. The number of amides is 2. The van der Waals surface area contributed by atoms with Gasteiger partial charge in [0, 0.05) is 12.6 Å². The fourth-order valence-electron chi connectivity index (χ4n) is 1.95. The van der Waals surface area contributed by atoms with Gasteiger partial charge in [0.05, 0.1) is 5.92 Å². The van der Waals surface area contributed by atoms with Gasteiger partial charge < -0.3 is 15.7 Å². The molecule has 0 saturated carbocycles. The van der Waals surface area contributed by atoms with Crippen LogP contribution in [0.2, 0.25) is 0 Å². The molecule has 0 bridgehead atoms. The van der Waals surface area contributed by atoms with Crippen LogP contribution in [0.5, 0.6) is 0 Å². The van der Waals surface area contributed by atoms with E-state index < -0.39 is 5.97 Å². The van der Waals surface area contributed by atoms with E-state index in [1.54, 1.807) is 6.92 Å². The highest BCUT2D eigenvalue weighted by Gasteiger charge is 2.12. The van der Waals surface area contributed by atoms with Crippen molar-refractivity contribution in [3.63, 3.8) is 0 Å². The van der Waals surface area contributed by atoms with E-state index in [4.69, 9.17) is 5.11 Å². The van der Waals surface area contributed by atoms with E-state index >= 15 is 0 Å². The van der Waals surface area contributed by atoms with E-state index in [1.165, 1.54) is 12.8 Å². The van der Waals surface area contributed by atoms with Crippen molar-refractivity contribution in [1.29, 1.82) is 0 Å². The summed E-state index contributed by atoms with van der Waals surface area (Å²) in [6, 6.07) is -0.0491. The lowest BCUT2D eigenvalue weighted by Crippen LogP contribution is -2.41. The summed E-state index contributed by atoms with van der Waals surface area (Å²) in [5, 5.41) is 14.5. The first-order valence-electron chi connectivity index (χ1n) is 7.74. The van der Waals surface area contributed by atoms with Gasteiger partial charge in [-0.2, -0.15) is 0 Å². The number of hydrogen-bond acceptors (Lipinski definition) is 2. The average molecular weight is 286 g/mol. The summed E-state index contributed by atoms with van der Waals surface area (Å²) in [5.74, 6) is -1.06. The maximum absolute atomic E-state index is 11.6. The monoisotopic (exact) mass is 286 g/mol. The van der Waals surface area contributed by atoms with Crippen LogP contribution >= 0.6 is 0 Å². The van der Waals surface area contributed by atoms with Crippen LogP contribution < -0.4 is 10.6 Å². The van der Waals surface area contributed by atoms with Crippen molar-refractivity contribution in [3.05, 3.63) is 0 Å². The van der Waals surface area contributed by atoms with Crippen LogP contribution in [0.1, 0.15) is 65.7 Å². The molecular weight excluding hydrogens is 256 g/mol. The normalized spacial score (nSPS) is 13.6. The third kappa shape index (κ3) is 10.6. The molecule has 0 aliphatic rings. The fourth-order valence-corrected chi connectivity index (χ4v) is 1.95. The molecule has 2 amide bonds. The number of carboxylic acid groups (broad SMARTS) is 1. The van der Waals surface area contributed by atoms with Gasteiger partial charge in [0.1, 0.15) is 0 Å². The summed E-state index contributed by atoms with van der Waals surface area (Å²) < 4.78 is 0. The smallest absolute Gasteiger partial charge is 0.314 e. The maximum Gasteiger partial charge on any atom is 0.314 e. The molecule has 0 aromatic rings. The zero-order chi connectivity index (χ0) is 15.4. The van der Waals surface area contributed by atoms with E-state index in [0.29, 0.717) is 13.0 Å². The van der Waals surface area contributed by atoms with Gasteiger partial charge in [-0.05, 0) is 26.2 Å². The van der Waals surface area contributed by atoms with Crippen LogP contribution in [-0.2, 0) is 4.79 Å². The Labute approximate surface area is 122 Å². The van der Waals surface area contributed by atoms with Gasteiger partial charge in [0.25, 0.3) is 0 Å². The first kappa shape index (κ1) is 18.7. The molecular formula is C15H30N2O3. The second-order valence-corrected chi connectivity index (χ2v) is 5.53. The van der Waals surface area contributed by atoms with Gasteiger partial charge in [0.2, 0.25) is 0 Å². The van der Waals surface area contributed by atoms with Crippen molar-refractivity contribution in [2.75, 3.05) is 6.54 Å². The van der Waals surface area contributed by atoms with Gasteiger partial charge in [-0.1, -0.05) is 39.5 Å². The number of carbonyl (C=O) groups is 2. The standard InChI is InChI=1S/C15H30N2O3/c1-4-5-6-7-11-16-15(20)17-13(3)10-8-9-12(2)14(18)19/h12-13H,4-11H2,1-3H3,(H,18,19)(H2,16,17,20). The second-order valence-electron chi connectivity index (χ2n) is 5.53. The highest BCUT2D eigenvalue weighted by molar-refractivity contribution is 5.74. The molecule has 0 aliphatic carbocycles. The van der Waals surface area contributed by atoms with Crippen LogP contribution in [0.3, 0.4) is 0 Å². The molecule has 0 aromatic carbocycles. The SMILES string of the molecule is CCCCCCNC(=O)NC(C)CCCC(C)C(=O)O. The molecule has 3 N–H and O–H groups in total. The molecule has 0 aliphatic heterocycles. The molecule has 5 nitrogen and oxygen atoms in total. The molecule has 0 saturated heterocycles. The summed E-state index contributed by atoms with van der Waals surface area (Å²) in [4.78, 5) is 22.2. The lowest BCUT2D eigenvalue weighted by Gasteiger charge is -2.15. The van der Waals surface area contributed by atoms with Gasteiger partial charge in [-0.25, -0.2) is 4.79 Å². The first-order chi connectivity index (χ1) is 9.47. The lowest BCUT2D eigenvalue weighted by molar-refractivity contribution is -0.141. The van der Waals surface area contributed by atoms with E-state index in [0.717, 1.165) is 25.7 Å². The molecule has 2 atom stereocenters. The molecule has 2 unspecified atom stereocenters. The summed E-state index contributed by atoms with van der Waals surface area (Å²) in [6.07, 6.45) is 6.84. The van der Waals surface area contributed by atoms with E-state index in [1.807, 2.05) is 6.92 Å². The van der Waals surface area contributed by atoms with Gasteiger partial charge in [0.15, 0.2) is 0 Å². The zero-order valence-electron chi connectivity index (χ0n) is 13.1. The average Bonchev–Trinajstić information content (AvgIpc) is 2.38. The summed E-state index contributed by atoms with van der Waals surface area (Å²) in [6.45, 7) is 6.53. The molecule has 0 radical (unpaired) electrons. The van der Waals surface area contributed by atoms with Crippen molar-refractivity contribution in [2.45, 2.75) is 71.8 Å². The molecule has 0 heterocycles. The maximum atomic E-state index is 11.6. The minimum Gasteiger partial charge on any atom is -0.481 e. The van der Waals surface area contributed by atoms with Crippen molar-refractivity contribution >= 4 is 12.0 Å². The van der Waals surface area contributed by atoms with Crippen LogP contribution in [0.25, 0.3) is 0 Å². The van der Waals surface area contributed by atoms with E-state index in [2.05, 4.69) is 17.6 Å². The molecule has 5 heteroatoms. The predicted octanol–water partition coefficient (Wildman–Crippen LogP) is 3.15. The molecule has 0 aromatic heterocycles. The number of unbranched alkanes of at least 4 members (excludes halogenated alkanes) is 3. The van der Waals surface area contributed by atoms with Crippen molar-refractivity contribution in [3.8, 4) is 0 Å². The number of rotatable bonds is 11. The number of hydrogen-bond donors (Lipinski definition) is 3. The Morgan fingerprint density at radius 1 is 1.05 bits per heavy atom. The Morgan fingerprint density at radius 3 is 2.35 bits per heavy atom. The van der Waals surface area contributed by atoms with Crippen LogP contribution in [0.15, 0.2) is 0 Å². The summed E-state index contributed by atoms with van der Waals surface area (Å²) >= 11 is 0. The highest BCUT2D eigenvalue weighted by Crippen LogP contribution is 2.09. The third-order valence-corrected chi connectivity index (χ3v) is 3.39. The Balaban J connectivity index is 3.57. The van der Waals surface area contributed by atoms with E-state index in [-0.39, 0.29) is 18.0 Å². The first-order valence-corrected chi connectivity index (χ1v) is 7.74. The van der Waals surface area contributed by atoms with Crippen molar-refractivity contribution in [1.82, 2.24) is 10.6 Å². The van der Waals surface area contributed by atoms with Gasteiger partial charge >= 0.3 is 12.0 Å². The number of urea groups is 1. The van der Waals surface area contributed by atoms with Crippen molar-refractivity contribution < 1.29 is 14.7 Å². The minimum atomic E-state index is -0.754. The molecule has 118 valence electrons. The Morgan fingerprint density at radius 2 is 1.75 bits per heavy atom. The quantitative estimate of drug-likeness (QED) is 0.510. The Kier molecular flexibility index (Phi) is 10.8. The van der Waals surface area contributed by atoms with Gasteiger partial charge in [-0.3, -0.25) is 4.79 Å². The van der Waals surface area contributed by atoms with E-state index in [9.17, 15) is 9.59 Å². The number of carboxylic acids is 1. The lowest BCUT2D eigenvalue weighted by atomic mass is 10.0. The number of nitrogens with one attached hydrogen (secondary N) is 2. The van der Waals surface area contributed by atoms with Gasteiger partial charge in [-0.15, -0.1) is 0 Å². The van der Waals surface area contributed by atoms with Crippen LogP contribution in [0, 0.1) is 5.92 Å². The van der Waals surface area contributed by atoms with Crippen LogP contribution in [-0.4, -0.2) is 29.7 Å². The zero-order valence-corrected chi connectivity index (χ0v) is 13.1. The second kappa shape index (κ2) is 11.6. The van der Waals surface area contributed by atoms with Crippen LogP contribution in [0.4, 0.5) is 4.79 Å². The summed E-state index contributed by atoms with van der Waals surface area (Å²) in [5.41, 5.74) is 0. The number of aliphatic carboxylic acids is 1. The largest absolute Gasteiger partial charge is 0.481 e. The van der Waals surface area contributed by atoms with Crippen molar-refractivity contribution in [2.24, 2.45) is 5.92 Å². The Hall–Kier alpha value is -1.26. The fraction of sp³-hybridized carbons (Fsp3) is 0.867. The topological polar surface area (TPSA) is 78.4 Å².